The van der Waals surface area contributed by atoms with E-state index >= 15 is 0 Å². The molecule has 0 aromatic carbocycles. The van der Waals surface area contributed by atoms with Gasteiger partial charge in [-0.3, -0.25) is 4.79 Å². The fraction of sp³-hybridized carbons (Fsp3) is 0.750. The second kappa shape index (κ2) is 5.75. The minimum Gasteiger partial charge on any atom is -0.338 e. The van der Waals surface area contributed by atoms with Crippen LogP contribution in [0, 0.1) is 0 Å². The first-order valence-corrected chi connectivity index (χ1v) is 7.17. The van der Waals surface area contributed by atoms with E-state index in [0.717, 1.165) is 42.9 Å². The molecule has 1 amide bonds. The van der Waals surface area contributed by atoms with E-state index in [4.69, 9.17) is 0 Å². The van der Waals surface area contributed by atoms with Gasteiger partial charge in [0.1, 0.15) is 4.88 Å². The summed E-state index contributed by atoms with van der Waals surface area (Å²) in [6, 6.07) is 0.597. The number of rotatable bonds is 3. The summed E-state index contributed by atoms with van der Waals surface area (Å²) >= 11 is 1.22. The van der Waals surface area contributed by atoms with Gasteiger partial charge in [-0.25, -0.2) is 0 Å². The van der Waals surface area contributed by atoms with Crippen molar-refractivity contribution >= 4 is 17.4 Å². The van der Waals surface area contributed by atoms with Crippen LogP contribution >= 0.6 is 11.5 Å². The van der Waals surface area contributed by atoms with Crippen molar-refractivity contribution in [3.8, 4) is 0 Å². The lowest BCUT2D eigenvalue weighted by Crippen LogP contribution is -2.44. The summed E-state index contributed by atoms with van der Waals surface area (Å²) in [5.74, 6) is 0.110. The van der Waals surface area contributed by atoms with Crippen molar-refractivity contribution < 1.29 is 4.79 Å². The van der Waals surface area contributed by atoms with E-state index in [1.54, 1.807) is 0 Å². The van der Waals surface area contributed by atoms with Gasteiger partial charge in [0.05, 0.1) is 5.69 Å². The van der Waals surface area contributed by atoms with Gasteiger partial charge in [0.25, 0.3) is 5.91 Å². The second-order valence-electron chi connectivity index (χ2n) is 4.89. The fourth-order valence-corrected chi connectivity index (χ4v) is 3.05. The van der Waals surface area contributed by atoms with Gasteiger partial charge in [-0.2, -0.15) is 0 Å². The lowest BCUT2D eigenvalue weighted by molar-refractivity contribution is 0.0667. The van der Waals surface area contributed by atoms with Crippen LogP contribution in [0.25, 0.3) is 0 Å². The van der Waals surface area contributed by atoms with Crippen LogP contribution in [0.2, 0.25) is 0 Å². The fourth-order valence-electron chi connectivity index (χ4n) is 2.33. The van der Waals surface area contributed by atoms with E-state index in [2.05, 4.69) is 28.6 Å². The van der Waals surface area contributed by atoms with E-state index in [1.807, 2.05) is 11.8 Å². The van der Waals surface area contributed by atoms with Crippen LogP contribution in [-0.4, -0.2) is 58.5 Å². The van der Waals surface area contributed by atoms with Gasteiger partial charge < -0.3 is 9.80 Å². The zero-order valence-electron chi connectivity index (χ0n) is 11.2. The summed E-state index contributed by atoms with van der Waals surface area (Å²) in [5, 5.41) is 4.01. The molecular formula is C12H20N4OS. The molecule has 2 heterocycles. The molecule has 6 heteroatoms. The highest BCUT2D eigenvalue weighted by atomic mass is 32.1. The molecule has 0 atom stereocenters. The van der Waals surface area contributed by atoms with Crippen LogP contribution in [0.4, 0.5) is 0 Å². The average Bonchev–Trinajstić information content (AvgIpc) is 2.86. The summed E-state index contributed by atoms with van der Waals surface area (Å²) in [7, 11) is 4.20. The molecule has 100 valence electrons. The maximum atomic E-state index is 12.4. The van der Waals surface area contributed by atoms with E-state index in [9.17, 15) is 4.79 Å². The van der Waals surface area contributed by atoms with E-state index in [-0.39, 0.29) is 5.91 Å². The molecule has 0 saturated carbocycles. The highest BCUT2D eigenvalue weighted by Crippen LogP contribution is 2.19. The topological polar surface area (TPSA) is 49.3 Å². The van der Waals surface area contributed by atoms with Crippen LogP contribution in [0.15, 0.2) is 0 Å². The molecule has 0 N–H and O–H groups in total. The SMILES string of the molecule is CCc1nnsc1C(=O)N1CCC(N(C)C)CC1. The monoisotopic (exact) mass is 268 g/mol. The average molecular weight is 268 g/mol. The number of amides is 1. The minimum absolute atomic E-state index is 0.110. The highest BCUT2D eigenvalue weighted by Gasteiger charge is 2.27. The molecule has 0 unspecified atom stereocenters. The Balaban J connectivity index is 2.00. The molecule has 1 aliphatic heterocycles. The number of aryl methyl sites for hydroxylation is 1. The van der Waals surface area contributed by atoms with Crippen molar-refractivity contribution in [2.24, 2.45) is 0 Å². The van der Waals surface area contributed by atoms with Crippen LogP contribution in [0.3, 0.4) is 0 Å². The molecule has 1 aromatic rings. The van der Waals surface area contributed by atoms with Gasteiger partial charge in [0.15, 0.2) is 0 Å². The van der Waals surface area contributed by atoms with Gasteiger partial charge >= 0.3 is 0 Å². The van der Waals surface area contributed by atoms with Crippen LogP contribution in [0.5, 0.6) is 0 Å². The molecule has 1 saturated heterocycles. The normalized spacial score (nSPS) is 17.4. The van der Waals surface area contributed by atoms with Gasteiger partial charge in [-0.1, -0.05) is 11.4 Å². The van der Waals surface area contributed by atoms with Gasteiger partial charge in [0, 0.05) is 19.1 Å². The molecule has 0 aliphatic carbocycles. The molecule has 1 aromatic heterocycles. The lowest BCUT2D eigenvalue weighted by atomic mass is 10.0. The molecule has 1 fully saturated rings. The summed E-state index contributed by atoms with van der Waals surface area (Å²) in [6.45, 7) is 3.68. The number of carbonyl (C=O) groups excluding carboxylic acids is 1. The van der Waals surface area contributed by atoms with Gasteiger partial charge in [-0.15, -0.1) is 5.10 Å². The third-order valence-corrected chi connectivity index (χ3v) is 4.32. The number of carbonyl (C=O) groups is 1. The Morgan fingerprint density at radius 1 is 1.44 bits per heavy atom. The zero-order chi connectivity index (χ0) is 13.1. The van der Waals surface area contributed by atoms with E-state index in [0.29, 0.717) is 6.04 Å². The number of hydrogen-bond donors (Lipinski definition) is 0. The minimum atomic E-state index is 0.110. The predicted octanol–water partition coefficient (Wildman–Crippen LogP) is 1.27. The zero-order valence-corrected chi connectivity index (χ0v) is 12.0. The second-order valence-corrected chi connectivity index (χ2v) is 5.64. The first-order valence-electron chi connectivity index (χ1n) is 6.40. The van der Waals surface area contributed by atoms with E-state index < -0.39 is 0 Å². The number of hydrogen-bond acceptors (Lipinski definition) is 5. The Hall–Kier alpha value is -1.01. The largest absolute Gasteiger partial charge is 0.338 e. The molecule has 0 bridgehead atoms. The Kier molecular flexibility index (Phi) is 4.29. The Bertz CT molecular complexity index is 410. The smallest absolute Gasteiger partial charge is 0.267 e. The molecule has 2 rings (SSSR count). The number of nitrogens with zero attached hydrogens (tertiary/aromatic N) is 4. The first kappa shape index (κ1) is 13.4. The lowest BCUT2D eigenvalue weighted by Gasteiger charge is -2.35. The Morgan fingerprint density at radius 2 is 2.11 bits per heavy atom. The van der Waals surface area contributed by atoms with Crippen molar-refractivity contribution in [1.82, 2.24) is 19.4 Å². The molecule has 18 heavy (non-hydrogen) atoms. The molecular weight excluding hydrogens is 248 g/mol. The standard InChI is InChI=1S/C12H20N4OS/c1-4-10-11(18-14-13-10)12(17)16-7-5-9(6-8-16)15(2)3/h9H,4-8H2,1-3H3. The molecule has 5 nitrogen and oxygen atoms in total. The number of piperidine rings is 1. The maximum absolute atomic E-state index is 12.4. The predicted molar refractivity (Wildman–Crippen MR) is 71.9 cm³/mol. The molecule has 1 aliphatic rings. The quantitative estimate of drug-likeness (QED) is 0.828. The highest BCUT2D eigenvalue weighted by molar-refractivity contribution is 7.08. The van der Waals surface area contributed by atoms with Crippen LogP contribution < -0.4 is 0 Å². The Labute approximate surface area is 112 Å². The summed E-state index contributed by atoms with van der Waals surface area (Å²) in [6.07, 6.45) is 2.87. The summed E-state index contributed by atoms with van der Waals surface area (Å²) in [4.78, 5) is 17.3. The van der Waals surface area contributed by atoms with Crippen LogP contribution in [0.1, 0.15) is 35.1 Å². The number of aromatic nitrogens is 2. The third-order valence-electron chi connectivity index (χ3n) is 3.57. The molecule has 0 spiro atoms. The van der Waals surface area contributed by atoms with Crippen molar-refractivity contribution in [2.45, 2.75) is 32.2 Å². The third kappa shape index (κ3) is 2.70. The first-order chi connectivity index (χ1) is 8.63. The van der Waals surface area contributed by atoms with Gasteiger partial charge in [-0.05, 0) is 44.9 Å². The van der Waals surface area contributed by atoms with Crippen LogP contribution in [-0.2, 0) is 6.42 Å². The summed E-state index contributed by atoms with van der Waals surface area (Å²) < 4.78 is 3.89. The number of likely N-dealkylation sites (tertiary alicyclic amines) is 1. The maximum Gasteiger partial charge on any atom is 0.267 e. The van der Waals surface area contributed by atoms with Crippen molar-refractivity contribution in [3.05, 3.63) is 10.6 Å². The van der Waals surface area contributed by atoms with Gasteiger partial charge in [0.2, 0.25) is 0 Å². The summed E-state index contributed by atoms with van der Waals surface area (Å²) in [5.41, 5.74) is 0.833. The Morgan fingerprint density at radius 3 is 2.67 bits per heavy atom. The molecule has 0 radical (unpaired) electrons. The van der Waals surface area contributed by atoms with Crippen molar-refractivity contribution in [1.29, 1.82) is 0 Å². The van der Waals surface area contributed by atoms with E-state index in [1.165, 1.54) is 11.5 Å². The van der Waals surface area contributed by atoms with Crippen molar-refractivity contribution in [2.75, 3.05) is 27.2 Å². The van der Waals surface area contributed by atoms with Crippen molar-refractivity contribution in [3.63, 3.8) is 0 Å².